The molecule has 0 saturated heterocycles. The Morgan fingerprint density at radius 3 is 3.00 bits per heavy atom. The zero-order valence-corrected chi connectivity index (χ0v) is 10.7. The summed E-state index contributed by atoms with van der Waals surface area (Å²) in [6.07, 6.45) is 3.18. The van der Waals surface area contributed by atoms with E-state index in [1.54, 1.807) is 12.1 Å². The van der Waals surface area contributed by atoms with E-state index in [0.717, 1.165) is 4.47 Å². The minimum Gasteiger partial charge on any atom is -0.396 e. The molecule has 92 valence electrons. The highest BCUT2D eigenvalue weighted by Crippen LogP contribution is 2.16. The lowest BCUT2D eigenvalue weighted by molar-refractivity contribution is -0.116. The summed E-state index contributed by atoms with van der Waals surface area (Å²) in [4.78, 5) is 11.3. The molecule has 0 aromatic heterocycles. The Morgan fingerprint density at radius 1 is 1.53 bits per heavy atom. The lowest BCUT2D eigenvalue weighted by Gasteiger charge is -2.00. The van der Waals surface area contributed by atoms with Crippen LogP contribution in [0.3, 0.4) is 0 Å². The number of rotatable bonds is 5. The summed E-state index contributed by atoms with van der Waals surface area (Å²) in [5, 5.41) is 11.1. The number of benzene rings is 1. The van der Waals surface area contributed by atoms with E-state index in [9.17, 15) is 9.18 Å². The number of aliphatic hydroxyl groups excluding tert-OH is 1. The predicted molar refractivity (Wildman–Crippen MR) is 67.8 cm³/mol. The van der Waals surface area contributed by atoms with Crippen LogP contribution in [0.25, 0.3) is 6.08 Å². The Morgan fingerprint density at radius 2 is 2.29 bits per heavy atom. The number of halogens is 2. The number of hydrogen-bond donors (Lipinski definition) is 2. The molecule has 0 aliphatic carbocycles. The molecule has 0 atom stereocenters. The van der Waals surface area contributed by atoms with Crippen LogP contribution in [0.4, 0.5) is 4.39 Å². The molecule has 0 spiro atoms. The fourth-order valence-electron chi connectivity index (χ4n) is 1.16. The SMILES string of the molecule is O=C(/C=C/c1cc(Br)ccc1F)NCCCO. The molecule has 0 aliphatic rings. The van der Waals surface area contributed by atoms with Gasteiger partial charge in [-0.25, -0.2) is 4.39 Å². The fourth-order valence-corrected chi connectivity index (χ4v) is 1.54. The summed E-state index contributed by atoms with van der Waals surface area (Å²) >= 11 is 3.23. The molecule has 1 amide bonds. The van der Waals surface area contributed by atoms with Crippen molar-refractivity contribution in [2.75, 3.05) is 13.2 Å². The van der Waals surface area contributed by atoms with Crippen LogP contribution >= 0.6 is 15.9 Å². The first-order chi connectivity index (χ1) is 8.13. The van der Waals surface area contributed by atoms with Gasteiger partial charge in [0.05, 0.1) is 0 Å². The highest BCUT2D eigenvalue weighted by atomic mass is 79.9. The Balaban J connectivity index is 2.57. The Labute approximate surface area is 107 Å². The van der Waals surface area contributed by atoms with E-state index < -0.39 is 0 Å². The maximum atomic E-state index is 13.3. The van der Waals surface area contributed by atoms with Gasteiger partial charge in [-0.3, -0.25) is 4.79 Å². The molecule has 1 rings (SSSR count). The Hall–Kier alpha value is -1.20. The second kappa shape index (κ2) is 7.19. The highest BCUT2D eigenvalue weighted by Gasteiger charge is 2.00. The summed E-state index contributed by atoms with van der Waals surface area (Å²) < 4.78 is 14.0. The molecule has 0 radical (unpaired) electrons. The van der Waals surface area contributed by atoms with Crippen LogP contribution in [0.5, 0.6) is 0 Å². The van der Waals surface area contributed by atoms with Gasteiger partial charge in [-0.05, 0) is 30.7 Å². The Bertz CT molecular complexity index is 421. The van der Waals surface area contributed by atoms with Gasteiger partial charge < -0.3 is 10.4 Å². The Kier molecular flexibility index (Phi) is 5.86. The quantitative estimate of drug-likeness (QED) is 0.646. The van der Waals surface area contributed by atoms with E-state index in [4.69, 9.17) is 5.11 Å². The van der Waals surface area contributed by atoms with Crippen molar-refractivity contribution in [3.8, 4) is 0 Å². The van der Waals surface area contributed by atoms with Crippen LogP contribution in [0.1, 0.15) is 12.0 Å². The van der Waals surface area contributed by atoms with E-state index in [1.807, 2.05) is 0 Å². The maximum absolute atomic E-state index is 13.3. The molecule has 2 N–H and O–H groups in total. The van der Waals surface area contributed by atoms with Crippen molar-refractivity contribution >= 4 is 27.9 Å². The number of amides is 1. The van der Waals surface area contributed by atoms with Crippen LogP contribution in [0.15, 0.2) is 28.7 Å². The second-order valence-corrected chi connectivity index (χ2v) is 4.28. The molecule has 0 heterocycles. The molecule has 3 nitrogen and oxygen atoms in total. The van der Waals surface area contributed by atoms with Gasteiger partial charge in [-0.1, -0.05) is 15.9 Å². The molecular formula is C12H13BrFNO2. The molecule has 5 heteroatoms. The average Bonchev–Trinajstić information content (AvgIpc) is 2.31. The van der Waals surface area contributed by atoms with E-state index >= 15 is 0 Å². The molecular weight excluding hydrogens is 289 g/mol. The number of nitrogens with one attached hydrogen (secondary N) is 1. The van der Waals surface area contributed by atoms with Crippen LogP contribution < -0.4 is 5.32 Å². The van der Waals surface area contributed by atoms with Gasteiger partial charge in [-0.2, -0.15) is 0 Å². The van der Waals surface area contributed by atoms with Crippen molar-refractivity contribution in [3.63, 3.8) is 0 Å². The minimum absolute atomic E-state index is 0.0320. The zero-order valence-electron chi connectivity index (χ0n) is 9.12. The van der Waals surface area contributed by atoms with Gasteiger partial charge in [0.25, 0.3) is 0 Å². The van der Waals surface area contributed by atoms with E-state index in [-0.39, 0.29) is 18.3 Å². The molecule has 1 aromatic rings. The lowest BCUT2D eigenvalue weighted by Crippen LogP contribution is -2.22. The monoisotopic (exact) mass is 301 g/mol. The van der Waals surface area contributed by atoms with E-state index in [1.165, 1.54) is 18.2 Å². The summed E-state index contributed by atoms with van der Waals surface area (Å²) in [6.45, 7) is 0.435. The maximum Gasteiger partial charge on any atom is 0.244 e. The molecule has 0 aliphatic heterocycles. The van der Waals surface area contributed by atoms with Gasteiger partial charge in [0, 0.05) is 29.3 Å². The predicted octanol–water partition coefficient (Wildman–Crippen LogP) is 2.10. The third-order valence-electron chi connectivity index (χ3n) is 2.01. The van der Waals surface area contributed by atoms with Crippen LogP contribution in [-0.4, -0.2) is 24.2 Å². The zero-order chi connectivity index (χ0) is 12.7. The van der Waals surface area contributed by atoms with Gasteiger partial charge in [0.2, 0.25) is 5.91 Å². The molecule has 1 aromatic carbocycles. The van der Waals surface area contributed by atoms with E-state index in [2.05, 4.69) is 21.2 Å². The third-order valence-corrected chi connectivity index (χ3v) is 2.50. The van der Waals surface area contributed by atoms with Crippen molar-refractivity contribution in [3.05, 3.63) is 40.1 Å². The second-order valence-electron chi connectivity index (χ2n) is 3.37. The fraction of sp³-hybridized carbons (Fsp3) is 0.250. The van der Waals surface area contributed by atoms with Crippen LogP contribution in [0, 0.1) is 5.82 Å². The van der Waals surface area contributed by atoms with Crippen molar-refractivity contribution in [2.24, 2.45) is 0 Å². The molecule has 0 bridgehead atoms. The number of hydrogen-bond acceptors (Lipinski definition) is 2. The minimum atomic E-state index is -0.382. The summed E-state index contributed by atoms with van der Waals surface area (Å²) in [5.74, 6) is -0.689. The average molecular weight is 302 g/mol. The van der Waals surface area contributed by atoms with Gasteiger partial charge in [0.15, 0.2) is 0 Å². The summed E-state index contributed by atoms with van der Waals surface area (Å²) in [6, 6.07) is 4.51. The molecule has 0 fully saturated rings. The number of aliphatic hydroxyl groups is 1. The van der Waals surface area contributed by atoms with Crippen LogP contribution in [-0.2, 0) is 4.79 Å². The normalized spacial score (nSPS) is 10.8. The summed E-state index contributed by atoms with van der Waals surface area (Å²) in [7, 11) is 0. The first kappa shape index (κ1) is 13.9. The third kappa shape index (κ3) is 5.10. The summed E-state index contributed by atoms with van der Waals surface area (Å²) in [5.41, 5.74) is 0.344. The van der Waals surface area contributed by atoms with Crippen molar-refractivity contribution in [1.82, 2.24) is 5.32 Å². The highest BCUT2D eigenvalue weighted by molar-refractivity contribution is 9.10. The van der Waals surface area contributed by atoms with E-state index in [0.29, 0.717) is 18.5 Å². The standard InChI is InChI=1S/C12H13BrFNO2/c13-10-3-4-11(14)9(8-10)2-5-12(17)15-6-1-7-16/h2-5,8,16H,1,6-7H2,(H,15,17)/b5-2+. The molecule has 0 saturated carbocycles. The largest absolute Gasteiger partial charge is 0.396 e. The van der Waals surface area contributed by atoms with Gasteiger partial charge in [0.1, 0.15) is 5.82 Å². The topological polar surface area (TPSA) is 49.3 Å². The van der Waals surface area contributed by atoms with Crippen molar-refractivity contribution < 1.29 is 14.3 Å². The lowest BCUT2D eigenvalue weighted by atomic mass is 10.2. The number of carbonyl (C=O) groups excluding carboxylic acids is 1. The van der Waals surface area contributed by atoms with Gasteiger partial charge >= 0.3 is 0 Å². The number of carbonyl (C=O) groups is 1. The first-order valence-corrected chi connectivity index (χ1v) is 5.94. The smallest absolute Gasteiger partial charge is 0.244 e. The van der Waals surface area contributed by atoms with Crippen molar-refractivity contribution in [1.29, 1.82) is 0 Å². The van der Waals surface area contributed by atoms with Crippen molar-refractivity contribution in [2.45, 2.75) is 6.42 Å². The van der Waals surface area contributed by atoms with Crippen LogP contribution in [0.2, 0.25) is 0 Å². The van der Waals surface area contributed by atoms with Gasteiger partial charge in [-0.15, -0.1) is 0 Å². The molecule has 0 unspecified atom stereocenters. The first-order valence-electron chi connectivity index (χ1n) is 5.15. The molecule has 17 heavy (non-hydrogen) atoms.